The van der Waals surface area contributed by atoms with E-state index in [9.17, 15) is 13.6 Å². The Bertz CT molecular complexity index is 1020. The lowest BCUT2D eigenvalue weighted by Gasteiger charge is -2.35. The molecule has 0 atom stereocenters. The second-order valence-corrected chi connectivity index (χ2v) is 6.82. The Morgan fingerprint density at radius 3 is 2.76 bits per heavy atom. The molecule has 29 heavy (non-hydrogen) atoms. The third kappa shape index (κ3) is 3.50. The highest BCUT2D eigenvalue weighted by atomic mass is 19.3. The average molecular weight is 404 g/mol. The van der Waals surface area contributed by atoms with E-state index in [0.29, 0.717) is 49.7 Å². The molecule has 1 aliphatic heterocycles. The van der Waals surface area contributed by atoms with Gasteiger partial charge in [-0.05, 0) is 19.1 Å². The van der Waals surface area contributed by atoms with Gasteiger partial charge < -0.3 is 19.5 Å². The van der Waals surface area contributed by atoms with Crippen LogP contribution in [0.1, 0.15) is 19.0 Å². The number of piperazine rings is 1. The minimum Gasteiger partial charge on any atom is -0.450 e. The number of carbonyl (C=O) groups excluding carboxylic acids is 1. The second-order valence-electron chi connectivity index (χ2n) is 6.82. The number of carbonyl (C=O) groups is 1. The van der Waals surface area contributed by atoms with Crippen molar-refractivity contribution in [3.63, 3.8) is 0 Å². The number of aromatic amines is 1. The number of alkyl halides is 2. The van der Waals surface area contributed by atoms with Crippen LogP contribution in [0, 0.1) is 0 Å². The molecule has 4 rings (SSSR count). The molecule has 0 spiro atoms. The molecule has 0 aromatic carbocycles. The first-order valence-corrected chi connectivity index (χ1v) is 9.44. The summed E-state index contributed by atoms with van der Waals surface area (Å²) >= 11 is 0. The minimum atomic E-state index is -2.63. The number of rotatable bonds is 4. The molecular weight excluding hydrogens is 382 g/mol. The van der Waals surface area contributed by atoms with Crippen LogP contribution in [0.4, 0.5) is 19.3 Å². The molecule has 1 N–H and O–H groups in total. The molecule has 1 aliphatic rings. The zero-order chi connectivity index (χ0) is 20.5. The van der Waals surface area contributed by atoms with Gasteiger partial charge in [-0.15, -0.1) is 0 Å². The fourth-order valence-corrected chi connectivity index (χ4v) is 3.69. The van der Waals surface area contributed by atoms with E-state index < -0.39 is 6.43 Å². The molecule has 3 aromatic heterocycles. The number of hydrogen-bond acceptors (Lipinski definition) is 5. The van der Waals surface area contributed by atoms with Gasteiger partial charge in [0.1, 0.15) is 11.3 Å². The van der Waals surface area contributed by atoms with E-state index in [-0.39, 0.29) is 11.8 Å². The predicted octanol–water partition coefficient (Wildman–Crippen LogP) is 3.18. The minimum absolute atomic E-state index is 0.138. The van der Waals surface area contributed by atoms with Crippen LogP contribution in [0.5, 0.6) is 0 Å². The van der Waals surface area contributed by atoms with Crippen molar-refractivity contribution < 1.29 is 18.3 Å². The van der Waals surface area contributed by atoms with Crippen molar-refractivity contribution in [2.24, 2.45) is 7.05 Å². The van der Waals surface area contributed by atoms with Gasteiger partial charge in [0.15, 0.2) is 0 Å². The van der Waals surface area contributed by atoms with Gasteiger partial charge in [0.25, 0.3) is 6.43 Å². The van der Waals surface area contributed by atoms with Gasteiger partial charge in [-0.1, -0.05) is 0 Å². The Morgan fingerprint density at radius 1 is 1.31 bits per heavy atom. The van der Waals surface area contributed by atoms with Crippen molar-refractivity contribution in [2.45, 2.75) is 13.3 Å². The van der Waals surface area contributed by atoms with Crippen LogP contribution in [-0.4, -0.2) is 63.5 Å². The summed E-state index contributed by atoms with van der Waals surface area (Å²) in [7, 11) is 1.50. The Kier molecular flexibility index (Phi) is 5.08. The number of fused-ring (bicyclic) bond motifs is 1. The topological polar surface area (TPSA) is 79.3 Å². The number of halogens is 2. The van der Waals surface area contributed by atoms with Crippen LogP contribution in [0.25, 0.3) is 22.3 Å². The lowest BCUT2D eigenvalue weighted by molar-refractivity contribution is 0.105. The monoisotopic (exact) mass is 404 g/mol. The second kappa shape index (κ2) is 7.69. The van der Waals surface area contributed by atoms with Gasteiger partial charge in [-0.2, -0.15) is 5.10 Å². The predicted molar refractivity (Wildman–Crippen MR) is 104 cm³/mol. The lowest BCUT2D eigenvalue weighted by Crippen LogP contribution is -2.49. The summed E-state index contributed by atoms with van der Waals surface area (Å²) in [5.74, 6) is 0. The molecule has 0 unspecified atom stereocenters. The zero-order valence-corrected chi connectivity index (χ0v) is 16.2. The summed E-state index contributed by atoms with van der Waals surface area (Å²) in [5, 5.41) is 4.82. The Hall–Kier alpha value is -3.17. The number of H-pyrrole nitrogens is 1. The van der Waals surface area contributed by atoms with E-state index in [1.54, 1.807) is 18.0 Å². The van der Waals surface area contributed by atoms with Crippen molar-refractivity contribution in [1.29, 1.82) is 0 Å². The van der Waals surface area contributed by atoms with E-state index >= 15 is 0 Å². The Labute approximate surface area is 166 Å². The average Bonchev–Trinajstić information content (AvgIpc) is 3.31. The molecule has 0 saturated carbocycles. The number of amides is 1. The number of nitrogens with zero attached hydrogens (tertiary/aromatic N) is 5. The van der Waals surface area contributed by atoms with Crippen LogP contribution in [0.15, 0.2) is 24.5 Å². The van der Waals surface area contributed by atoms with Gasteiger partial charge in [-0.25, -0.2) is 18.6 Å². The summed E-state index contributed by atoms with van der Waals surface area (Å²) in [6, 6.07) is 3.73. The van der Waals surface area contributed by atoms with Crippen molar-refractivity contribution in [3.05, 3.63) is 30.2 Å². The maximum Gasteiger partial charge on any atom is 0.409 e. The van der Waals surface area contributed by atoms with Gasteiger partial charge >= 0.3 is 6.09 Å². The van der Waals surface area contributed by atoms with Gasteiger partial charge in [0.05, 0.1) is 18.5 Å². The standard InChI is InChI=1S/C19H22F2N6O2/c1-3-29-19(28)27-8-6-26(7-9-27)15-4-5-22-18-12(15)10-14(24-18)13-11-23-25(2)16(13)17(20)21/h4-5,10-11,17H,3,6-9H2,1-2H3,(H,22,24). The largest absolute Gasteiger partial charge is 0.450 e. The molecule has 1 fully saturated rings. The smallest absolute Gasteiger partial charge is 0.409 e. The SMILES string of the molecule is CCOC(=O)N1CCN(c2ccnc3[nH]c(-c4cnn(C)c4C(F)F)cc23)CC1. The first-order valence-electron chi connectivity index (χ1n) is 9.44. The number of nitrogens with one attached hydrogen (secondary N) is 1. The highest BCUT2D eigenvalue weighted by Gasteiger charge is 2.25. The molecule has 4 heterocycles. The van der Waals surface area contributed by atoms with Crippen molar-refractivity contribution in [1.82, 2.24) is 24.6 Å². The fraction of sp³-hybridized carbons (Fsp3) is 0.421. The fourth-order valence-electron chi connectivity index (χ4n) is 3.69. The van der Waals surface area contributed by atoms with Crippen LogP contribution in [0.2, 0.25) is 0 Å². The van der Waals surface area contributed by atoms with E-state index in [4.69, 9.17) is 4.74 Å². The van der Waals surface area contributed by atoms with Crippen LogP contribution in [-0.2, 0) is 11.8 Å². The van der Waals surface area contributed by atoms with Gasteiger partial charge in [-0.3, -0.25) is 4.68 Å². The van der Waals surface area contributed by atoms with Gasteiger partial charge in [0, 0.05) is 56.1 Å². The zero-order valence-electron chi connectivity index (χ0n) is 16.2. The lowest BCUT2D eigenvalue weighted by atomic mass is 10.1. The molecular formula is C19H22F2N6O2. The third-order valence-corrected chi connectivity index (χ3v) is 5.14. The molecule has 1 saturated heterocycles. The number of aryl methyl sites for hydroxylation is 1. The van der Waals surface area contributed by atoms with Crippen molar-refractivity contribution in [2.75, 3.05) is 37.7 Å². The summed E-state index contributed by atoms with van der Waals surface area (Å²) < 4.78 is 33.1. The van der Waals surface area contributed by atoms with Crippen molar-refractivity contribution >= 4 is 22.8 Å². The highest BCUT2D eigenvalue weighted by molar-refractivity contribution is 5.94. The highest BCUT2D eigenvalue weighted by Crippen LogP contribution is 2.34. The number of ether oxygens (including phenoxy) is 1. The number of hydrogen-bond donors (Lipinski definition) is 1. The van der Waals surface area contributed by atoms with Crippen LogP contribution in [0.3, 0.4) is 0 Å². The quantitative estimate of drug-likeness (QED) is 0.723. The Morgan fingerprint density at radius 2 is 2.07 bits per heavy atom. The van der Waals surface area contributed by atoms with Gasteiger partial charge in [0.2, 0.25) is 0 Å². The Balaban J connectivity index is 1.62. The molecule has 8 nitrogen and oxygen atoms in total. The molecule has 10 heteroatoms. The maximum absolute atomic E-state index is 13.4. The molecule has 3 aromatic rings. The van der Waals surface area contributed by atoms with Crippen LogP contribution >= 0.6 is 0 Å². The summed E-state index contributed by atoms with van der Waals surface area (Å²) in [6.45, 7) is 4.54. The maximum atomic E-state index is 13.4. The third-order valence-electron chi connectivity index (χ3n) is 5.14. The molecule has 0 bridgehead atoms. The molecule has 0 radical (unpaired) electrons. The van der Waals surface area contributed by atoms with Crippen LogP contribution < -0.4 is 4.90 Å². The summed E-state index contributed by atoms with van der Waals surface area (Å²) in [5.41, 5.74) is 2.34. The number of pyridine rings is 1. The van der Waals surface area contributed by atoms with E-state index in [1.165, 1.54) is 17.9 Å². The molecule has 154 valence electrons. The molecule has 1 amide bonds. The first kappa shape index (κ1) is 19.2. The summed E-state index contributed by atoms with van der Waals surface area (Å²) in [4.78, 5) is 23.2. The number of anilines is 1. The normalized spacial score (nSPS) is 14.8. The van der Waals surface area contributed by atoms with Crippen molar-refractivity contribution in [3.8, 4) is 11.3 Å². The van der Waals surface area contributed by atoms with E-state index in [1.807, 2.05) is 12.1 Å². The number of aromatic nitrogens is 4. The molecule has 0 aliphatic carbocycles. The first-order chi connectivity index (χ1) is 14.0. The van der Waals surface area contributed by atoms with E-state index in [2.05, 4.69) is 20.0 Å². The van der Waals surface area contributed by atoms with E-state index in [0.717, 1.165) is 11.1 Å². The summed E-state index contributed by atoms with van der Waals surface area (Å²) in [6.07, 6.45) is 0.191.